The first-order valence-corrected chi connectivity index (χ1v) is 6.35. The second-order valence-corrected chi connectivity index (χ2v) is 4.93. The van der Waals surface area contributed by atoms with E-state index in [1.165, 1.54) is 6.08 Å². The van der Waals surface area contributed by atoms with Crippen LogP contribution in [0.5, 0.6) is 0 Å². The molecule has 2 rings (SSSR count). The molecular formula is C15H10BrF3. The molecule has 0 saturated carbocycles. The maximum atomic E-state index is 13.9. The molecule has 0 saturated heterocycles. The van der Waals surface area contributed by atoms with Gasteiger partial charge in [0.2, 0.25) is 0 Å². The summed E-state index contributed by atoms with van der Waals surface area (Å²) in [4.78, 5) is 0. The number of alkyl halides is 2. The summed E-state index contributed by atoms with van der Waals surface area (Å²) >= 11 is 3.27. The molecule has 0 atom stereocenters. The maximum absolute atomic E-state index is 13.9. The molecular weight excluding hydrogens is 317 g/mol. The predicted molar refractivity (Wildman–Crippen MR) is 73.5 cm³/mol. The zero-order chi connectivity index (χ0) is 13.9. The molecule has 0 nitrogen and oxygen atoms in total. The lowest BCUT2D eigenvalue weighted by molar-refractivity contribution is 0.0530. The normalized spacial score (nSPS) is 12.0. The van der Waals surface area contributed by atoms with Crippen LogP contribution in [-0.2, 0) is 5.92 Å². The molecule has 0 N–H and O–H groups in total. The summed E-state index contributed by atoms with van der Waals surface area (Å²) < 4.78 is 41.2. The van der Waals surface area contributed by atoms with Crippen molar-refractivity contribution < 1.29 is 13.2 Å². The predicted octanol–water partition coefficient (Wildman–Crippen LogP) is 5.39. The van der Waals surface area contributed by atoms with Crippen LogP contribution in [-0.4, -0.2) is 0 Å². The van der Waals surface area contributed by atoms with Gasteiger partial charge >= 0.3 is 0 Å². The van der Waals surface area contributed by atoms with E-state index in [1.54, 1.807) is 18.2 Å². The molecule has 0 aromatic heterocycles. The van der Waals surface area contributed by atoms with Gasteiger partial charge in [-0.25, -0.2) is 4.39 Å². The number of hydrogen-bond donors (Lipinski definition) is 0. The van der Waals surface area contributed by atoms with Gasteiger partial charge in [-0.1, -0.05) is 34.1 Å². The van der Waals surface area contributed by atoms with Crippen molar-refractivity contribution in [2.75, 3.05) is 0 Å². The summed E-state index contributed by atoms with van der Waals surface area (Å²) in [7, 11) is 0. The van der Waals surface area contributed by atoms with Gasteiger partial charge in [0.25, 0.3) is 5.92 Å². The van der Waals surface area contributed by atoms with Crippen molar-refractivity contribution in [1.82, 2.24) is 0 Å². The highest BCUT2D eigenvalue weighted by Gasteiger charge is 2.27. The summed E-state index contributed by atoms with van der Waals surface area (Å²) in [6.07, 6.45) is 2.15. The van der Waals surface area contributed by atoms with Gasteiger partial charge in [-0.3, -0.25) is 0 Å². The summed E-state index contributed by atoms with van der Waals surface area (Å²) in [5.74, 6) is -3.66. The number of allylic oxidation sites excluding steroid dienone is 1. The SMILES string of the molecule is Fc1ccc(C(F)(F)C=Cc2cccc(Br)c2)cc1. The third-order valence-electron chi connectivity index (χ3n) is 2.56. The van der Waals surface area contributed by atoms with Gasteiger partial charge in [0, 0.05) is 10.0 Å². The fraction of sp³-hybridized carbons (Fsp3) is 0.0667. The van der Waals surface area contributed by atoms with E-state index in [0.29, 0.717) is 5.56 Å². The van der Waals surface area contributed by atoms with Crippen LogP contribution in [0.2, 0.25) is 0 Å². The van der Waals surface area contributed by atoms with Crippen LogP contribution < -0.4 is 0 Å². The highest BCUT2D eigenvalue weighted by atomic mass is 79.9. The van der Waals surface area contributed by atoms with E-state index in [1.807, 2.05) is 6.07 Å². The molecule has 0 heterocycles. The van der Waals surface area contributed by atoms with Crippen LogP contribution in [0.25, 0.3) is 6.08 Å². The van der Waals surface area contributed by atoms with E-state index in [4.69, 9.17) is 0 Å². The van der Waals surface area contributed by atoms with Gasteiger partial charge in [0.05, 0.1) is 0 Å². The van der Waals surface area contributed by atoms with Crippen molar-refractivity contribution in [3.8, 4) is 0 Å². The molecule has 0 spiro atoms. The Morgan fingerprint density at radius 3 is 2.32 bits per heavy atom. The number of halogens is 4. The average Bonchev–Trinajstić information content (AvgIpc) is 2.37. The van der Waals surface area contributed by atoms with Gasteiger partial charge in [0.15, 0.2) is 0 Å². The number of benzene rings is 2. The van der Waals surface area contributed by atoms with E-state index < -0.39 is 11.7 Å². The molecule has 0 bridgehead atoms. The quantitative estimate of drug-likeness (QED) is 0.709. The Hall–Kier alpha value is -1.55. The smallest absolute Gasteiger partial charge is 0.207 e. The summed E-state index contributed by atoms with van der Waals surface area (Å²) in [5, 5.41) is 0. The van der Waals surface area contributed by atoms with Crippen LogP contribution in [0.4, 0.5) is 13.2 Å². The lowest BCUT2D eigenvalue weighted by atomic mass is 10.1. The molecule has 2 aromatic carbocycles. The van der Waals surface area contributed by atoms with Crippen molar-refractivity contribution in [2.24, 2.45) is 0 Å². The molecule has 0 unspecified atom stereocenters. The second-order valence-electron chi connectivity index (χ2n) is 4.02. The molecule has 0 fully saturated rings. The molecule has 0 amide bonds. The van der Waals surface area contributed by atoms with Crippen LogP contribution in [0.15, 0.2) is 59.1 Å². The Balaban J connectivity index is 2.23. The van der Waals surface area contributed by atoms with Gasteiger partial charge in [0.1, 0.15) is 5.82 Å². The molecule has 0 aliphatic rings. The zero-order valence-electron chi connectivity index (χ0n) is 9.79. The van der Waals surface area contributed by atoms with Crippen LogP contribution in [0, 0.1) is 5.82 Å². The van der Waals surface area contributed by atoms with E-state index in [0.717, 1.165) is 34.8 Å². The van der Waals surface area contributed by atoms with Gasteiger partial charge in [-0.05, 0) is 48.0 Å². The molecule has 0 radical (unpaired) electrons. The molecule has 0 aliphatic heterocycles. The highest BCUT2D eigenvalue weighted by molar-refractivity contribution is 9.10. The maximum Gasteiger partial charge on any atom is 0.292 e. The van der Waals surface area contributed by atoms with Gasteiger partial charge in [-0.2, -0.15) is 8.78 Å². The summed E-state index contributed by atoms with van der Waals surface area (Å²) in [6, 6.07) is 11.3. The Kier molecular flexibility index (Phi) is 4.10. The van der Waals surface area contributed by atoms with E-state index in [-0.39, 0.29) is 5.56 Å². The molecule has 19 heavy (non-hydrogen) atoms. The Bertz CT molecular complexity index is 589. The minimum atomic E-state index is -3.13. The Morgan fingerprint density at radius 1 is 1.00 bits per heavy atom. The van der Waals surface area contributed by atoms with Crippen molar-refractivity contribution in [3.63, 3.8) is 0 Å². The van der Waals surface area contributed by atoms with Crippen molar-refractivity contribution >= 4 is 22.0 Å². The molecule has 0 aliphatic carbocycles. The van der Waals surface area contributed by atoms with Gasteiger partial charge < -0.3 is 0 Å². The first kappa shape index (κ1) is 13.9. The van der Waals surface area contributed by atoms with Crippen LogP contribution in [0.3, 0.4) is 0 Å². The Morgan fingerprint density at radius 2 is 1.68 bits per heavy atom. The molecule has 2 aromatic rings. The second kappa shape index (κ2) is 5.61. The molecule has 4 heteroatoms. The van der Waals surface area contributed by atoms with E-state index in [2.05, 4.69) is 15.9 Å². The van der Waals surface area contributed by atoms with Crippen LogP contribution in [0.1, 0.15) is 11.1 Å². The summed E-state index contributed by atoms with van der Waals surface area (Å²) in [6.45, 7) is 0. The third kappa shape index (κ3) is 3.70. The molecule has 98 valence electrons. The fourth-order valence-corrected chi connectivity index (χ4v) is 2.00. The average molecular weight is 327 g/mol. The van der Waals surface area contributed by atoms with Crippen molar-refractivity contribution in [2.45, 2.75) is 5.92 Å². The monoisotopic (exact) mass is 326 g/mol. The van der Waals surface area contributed by atoms with E-state index in [9.17, 15) is 13.2 Å². The lowest BCUT2D eigenvalue weighted by Gasteiger charge is -2.11. The minimum Gasteiger partial charge on any atom is -0.207 e. The van der Waals surface area contributed by atoms with E-state index >= 15 is 0 Å². The third-order valence-corrected chi connectivity index (χ3v) is 3.06. The largest absolute Gasteiger partial charge is 0.292 e. The number of hydrogen-bond acceptors (Lipinski definition) is 0. The fourth-order valence-electron chi connectivity index (χ4n) is 1.58. The standard InChI is InChI=1S/C15H10BrF3/c16-13-3-1-2-11(10-13)8-9-15(18,19)12-4-6-14(17)7-5-12/h1-10H. The zero-order valence-corrected chi connectivity index (χ0v) is 11.4. The minimum absolute atomic E-state index is 0.236. The van der Waals surface area contributed by atoms with Crippen LogP contribution >= 0.6 is 15.9 Å². The Labute approximate surface area is 117 Å². The van der Waals surface area contributed by atoms with Crippen molar-refractivity contribution in [1.29, 1.82) is 0 Å². The first-order chi connectivity index (χ1) is 8.97. The summed E-state index contributed by atoms with van der Waals surface area (Å²) in [5.41, 5.74) is 0.427. The topological polar surface area (TPSA) is 0 Å². The van der Waals surface area contributed by atoms with Gasteiger partial charge in [-0.15, -0.1) is 0 Å². The lowest BCUT2D eigenvalue weighted by Crippen LogP contribution is -2.09. The first-order valence-electron chi connectivity index (χ1n) is 5.56. The highest BCUT2D eigenvalue weighted by Crippen LogP contribution is 2.30. The number of rotatable bonds is 3. The van der Waals surface area contributed by atoms with Crippen molar-refractivity contribution in [3.05, 3.63) is 76.0 Å².